The molecule has 6 heteroatoms. The van der Waals surface area contributed by atoms with Gasteiger partial charge in [0.1, 0.15) is 5.76 Å². The first kappa shape index (κ1) is 18.2. The molecule has 0 fully saturated rings. The Balaban J connectivity index is 0.00000324. The quantitative estimate of drug-likeness (QED) is 0.480. The molecule has 0 saturated carbocycles. The number of guanidine groups is 1. The molecule has 1 heterocycles. The van der Waals surface area contributed by atoms with E-state index >= 15 is 0 Å². The van der Waals surface area contributed by atoms with Crippen LogP contribution < -0.4 is 10.6 Å². The normalized spacial score (nSPS) is 12.0. The second kappa shape index (κ2) is 7.72. The molecule has 19 heavy (non-hydrogen) atoms. The molecule has 2 N–H and O–H groups in total. The van der Waals surface area contributed by atoms with Crippen LogP contribution in [0.1, 0.15) is 37.8 Å². The van der Waals surface area contributed by atoms with E-state index < -0.39 is 0 Å². The van der Waals surface area contributed by atoms with E-state index in [0.717, 1.165) is 30.4 Å². The lowest BCUT2D eigenvalue weighted by Crippen LogP contribution is -2.48. The maximum absolute atomic E-state index is 5.14. The third-order valence-corrected chi connectivity index (χ3v) is 2.57. The summed E-state index contributed by atoms with van der Waals surface area (Å²) in [4.78, 5) is 4.19. The lowest BCUT2D eigenvalue weighted by molar-refractivity contribution is 0.392. The van der Waals surface area contributed by atoms with Crippen molar-refractivity contribution in [2.45, 2.75) is 46.6 Å². The first-order valence-electron chi connectivity index (χ1n) is 6.24. The Kier molecular flexibility index (Phi) is 7.39. The van der Waals surface area contributed by atoms with Crippen LogP contribution in [0.3, 0.4) is 0 Å². The summed E-state index contributed by atoms with van der Waals surface area (Å²) in [5, 5.41) is 10.5. The van der Waals surface area contributed by atoms with Crippen molar-refractivity contribution >= 4 is 29.9 Å². The Hall–Kier alpha value is -0.790. The number of halogens is 1. The monoisotopic (exact) mass is 380 g/mol. The third-order valence-electron chi connectivity index (χ3n) is 2.57. The number of nitrogens with zero attached hydrogens (tertiary/aromatic N) is 2. The van der Waals surface area contributed by atoms with Gasteiger partial charge < -0.3 is 15.2 Å². The van der Waals surface area contributed by atoms with Crippen LogP contribution in [-0.2, 0) is 6.42 Å². The fourth-order valence-electron chi connectivity index (χ4n) is 1.70. The molecule has 0 amide bonds. The van der Waals surface area contributed by atoms with Gasteiger partial charge in [0, 0.05) is 24.7 Å². The minimum absolute atomic E-state index is 0. The molecular weight excluding hydrogens is 355 g/mol. The van der Waals surface area contributed by atoms with Gasteiger partial charge in [-0.3, -0.25) is 4.99 Å². The lowest BCUT2D eigenvalue weighted by atomic mass is 10.1. The molecule has 1 aromatic heterocycles. The highest BCUT2D eigenvalue weighted by Crippen LogP contribution is 2.12. The number of aryl methyl sites for hydroxylation is 2. The van der Waals surface area contributed by atoms with E-state index in [1.54, 1.807) is 7.05 Å². The molecule has 0 saturated heterocycles. The Labute approximate surface area is 132 Å². The van der Waals surface area contributed by atoms with Crippen LogP contribution in [0, 0.1) is 13.8 Å². The van der Waals surface area contributed by atoms with E-state index in [1.165, 1.54) is 5.56 Å². The first-order valence-corrected chi connectivity index (χ1v) is 6.24. The number of aromatic nitrogens is 1. The van der Waals surface area contributed by atoms with Crippen molar-refractivity contribution in [1.82, 2.24) is 15.8 Å². The van der Waals surface area contributed by atoms with Gasteiger partial charge in [-0.25, -0.2) is 0 Å². The Morgan fingerprint density at radius 1 is 1.32 bits per heavy atom. The van der Waals surface area contributed by atoms with Crippen molar-refractivity contribution in [1.29, 1.82) is 0 Å². The van der Waals surface area contributed by atoms with Crippen LogP contribution in [0.25, 0.3) is 0 Å². The lowest BCUT2D eigenvalue weighted by Gasteiger charge is -2.23. The minimum Gasteiger partial charge on any atom is -0.361 e. The van der Waals surface area contributed by atoms with Crippen molar-refractivity contribution in [3.05, 3.63) is 17.0 Å². The predicted octanol–water partition coefficient (Wildman–Crippen LogP) is 2.42. The summed E-state index contributed by atoms with van der Waals surface area (Å²) in [6.07, 6.45) is 0.881. The van der Waals surface area contributed by atoms with Gasteiger partial charge >= 0.3 is 0 Å². The summed E-state index contributed by atoms with van der Waals surface area (Å²) in [5.41, 5.74) is 2.15. The summed E-state index contributed by atoms with van der Waals surface area (Å²) in [5.74, 6) is 1.71. The maximum Gasteiger partial charge on any atom is 0.191 e. The van der Waals surface area contributed by atoms with Crippen LogP contribution in [0.4, 0.5) is 0 Å². The molecule has 0 atom stereocenters. The molecule has 1 rings (SSSR count). The van der Waals surface area contributed by atoms with Crippen molar-refractivity contribution in [2.24, 2.45) is 4.99 Å². The first-order chi connectivity index (χ1) is 8.33. The number of hydrogen-bond donors (Lipinski definition) is 2. The molecule has 110 valence electrons. The molecule has 5 nitrogen and oxygen atoms in total. The summed E-state index contributed by atoms with van der Waals surface area (Å²) in [6, 6.07) is 0. The standard InChI is InChI=1S/C13H24N4O.HI/c1-9-11(10(2)18-17-9)7-8-15-12(14-6)16-13(3,4)5;/h7-8H2,1-6H3,(H2,14,15,16);1H. The van der Waals surface area contributed by atoms with Crippen molar-refractivity contribution in [3.63, 3.8) is 0 Å². The SMILES string of the molecule is CN=C(NCCc1c(C)noc1C)NC(C)(C)C.I. The smallest absolute Gasteiger partial charge is 0.191 e. The van der Waals surface area contributed by atoms with Gasteiger partial charge in [-0.15, -0.1) is 24.0 Å². The van der Waals surface area contributed by atoms with Gasteiger partial charge in [0.2, 0.25) is 0 Å². The van der Waals surface area contributed by atoms with E-state index in [4.69, 9.17) is 4.52 Å². The molecule has 0 aliphatic rings. The van der Waals surface area contributed by atoms with Crippen LogP contribution in [-0.4, -0.2) is 30.2 Å². The Morgan fingerprint density at radius 3 is 2.37 bits per heavy atom. The fourth-order valence-corrected chi connectivity index (χ4v) is 1.70. The Morgan fingerprint density at radius 2 is 1.95 bits per heavy atom. The summed E-state index contributed by atoms with van der Waals surface area (Å²) in [7, 11) is 1.77. The van der Waals surface area contributed by atoms with Crippen LogP contribution in [0.5, 0.6) is 0 Å². The molecule has 0 unspecified atom stereocenters. The third kappa shape index (κ3) is 6.26. The summed E-state index contributed by atoms with van der Waals surface area (Å²) < 4.78 is 5.14. The molecule has 0 aliphatic carbocycles. The molecule has 0 bridgehead atoms. The van der Waals surface area contributed by atoms with Gasteiger partial charge in [-0.2, -0.15) is 0 Å². The summed E-state index contributed by atoms with van der Waals surface area (Å²) >= 11 is 0. The second-order valence-corrected chi connectivity index (χ2v) is 5.43. The highest BCUT2D eigenvalue weighted by Gasteiger charge is 2.12. The highest BCUT2D eigenvalue weighted by atomic mass is 127. The zero-order valence-electron chi connectivity index (χ0n) is 12.6. The molecule has 0 radical (unpaired) electrons. The molecule has 0 aromatic carbocycles. The average Bonchev–Trinajstić information content (AvgIpc) is 2.57. The van der Waals surface area contributed by atoms with Crippen LogP contribution in [0.15, 0.2) is 9.52 Å². The van der Waals surface area contributed by atoms with E-state index in [9.17, 15) is 0 Å². The second-order valence-electron chi connectivity index (χ2n) is 5.43. The number of rotatable bonds is 3. The molecule has 0 spiro atoms. The van der Waals surface area contributed by atoms with Gasteiger partial charge in [0.05, 0.1) is 5.69 Å². The largest absolute Gasteiger partial charge is 0.361 e. The van der Waals surface area contributed by atoms with Crippen molar-refractivity contribution in [2.75, 3.05) is 13.6 Å². The van der Waals surface area contributed by atoms with E-state index in [1.807, 2.05) is 13.8 Å². The highest BCUT2D eigenvalue weighted by molar-refractivity contribution is 14.0. The fraction of sp³-hybridized carbons (Fsp3) is 0.692. The summed E-state index contributed by atoms with van der Waals surface area (Å²) in [6.45, 7) is 11.0. The van der Waals surface area contributed by atoms with Crippen molar-refractivity contribution in [3.8, 4) is 0 Å². The zero-order chi connectivity index (χ0) is 13.8. The van der Waals surface area contributed by atoms with E-state index in [2.05, 4.69) is 41.6 Å². The average molecular weight is 380 g/mol. The molecular formula is C13H25IN4O. The Bertz CT molecular complexity index is 401. The van der Waals surface area contributed by atoms with Crippen molar-refractivity contribution < 1.29 is 4.52 Å². The van der Waals surface area contributed by atoms with E-state index in [-0.39, 0.29) is 29.5 Å². The van der Waals surface area contributed by atoms with Gasteiger partial charge in [-0.1, -0.05) is 5.16 Å². The van der Waals surface area contributed by atoms with Gasteiger partial charge in [0.25, 0.3) is 0 Å². The molecule has 1 aromatic rings. The van der Waals surface area contributed by atoms with Gasteiger partial charge in [0.15, 0.2) is 5.96 Å². The minimum atomic E-state index is 0. The zero-order valence-corrected chi connectivity index (χ0v) is 15.0. The molecule has 0 aliphatic heterocycles. The van der Waals surface area contributed by atoms with Gasteiger partial charge in [-0.05, 0) is 41.0 Å². The van der Waals surface area contributed by atoms with Crippen LogP contribution in [0.2, 0.25) is 0 Å². The number of nitrogens with one attached hydrogen (secondary N) is 2. The number of hydrogen-bond acceptors (Lipinski definition) is 3. The maximum atomic E-state index is 5.14. The predicted molar refractivity (Wildman–Crippen MR) is 89.3 cm³/mol. The number of aliphatic imine (C=N–C) groups is 1. The topological polar surface area (TPSA) is 62.5 Å². The van der Waals surface area contributed by atoms with E-state index in [0.29, 0.717) is 0 Å². The van der Waals surface area contributed by atoms with Crippen LogP contribution >= 0.6 is 24.0 Å².